The van der Waals surface area contributed by atoms with E-state index >= 15 is 0 Å². The summed E-state index contributed by atoms with van der Waals surface area (Å²) in [5.74, 6) is 1.01. The van der Waals surface area contributed by atoms with Gasteiger partial charge in [0.25, 0.3) is 0 Å². The second-order valence-electron chi connectivity index (χ2n) is 4.18. The van der Waals surface area contributed by atoms with E-state index in [1.807, 2.05) is 18.2 Å². The molecule has 0 saturated heterocycles. The van der Waals surface area contributed by atoms with E-state index in [0.29, 0.717) is 0 Å². The lowest BCUT2D eigenvalue weighted by Crippen LogP contribution is -2.21. The van der Waals surface area contributed by atoms with Gasteiger partial charge in [0.05, 0.1) is 6.61 Å². The Balaban J connectivity index is 1.80. The van der Waals surface area contributed by atoms with Crippen LogP contribution in [0.3, 0.4) is 0 Å². The van der Waals surface area contributed by atoms with Gasteiger partial charge in [0.15, 0.2) is 0 Å². The molecule has 0 atom stereocenters. The molecule has 0 bridgehead atoms. The minimum absolute atomic E-state index is 0.788. The van der Waals surface area contributed by atoms with Crippen molar-refractivity contribution in [1.29, 1.82) is 0 Å². The molecule has 0 radical (unpaired) electrons. The van der Waals surface area contributed by atoms with Crippen LogP contribution in [0.15, 0.2) is 35.9 Å². The first kappa shape index (κ1) is 11.2. The molecule has 1 heterocycles. The van der Waals surface area contributed by atoms with Crippen LogP contribution in [0.2, 0.25) is 0 Å². The molecular formula is C14H19NO. The van der Waals surface area contributed by atoms with Crippen LogP contribution in [0.25, 0.3) is 0 Å². The molecular weight excluding hydrogens is 198 g/mol. The largest absolute Gasteiger partial charge is 0.493 e. The van der Waals surface area contributed by atoms with Gasteiger partial charge < -0.3 is 10.1 Å². The summed E-state index contributed by atoms with van der Waals surface area (Å²) in [7, 11) is 0. The molecule has 0 fully saturated rings. The second-order valence-corrected chi connectivity index (χ2v) is 4.18. The highest BCUT2D eigenvalue weighted by atomic mass is 16.5. The normalized spacial score (nSPS) is 15.7. The Morgan fingerprint density at radius 3 is 2.94 bits per heavy atom. The zero-order valence-corrected chi connectivity index (χ0v) is 9.83. The summed E-state index contributed by atoms with van der Waals surface area (Å²) in [5, 5.41) is 3.31. The molecule has 16 heavy (non-hydrogen) atoms. The lowest BCUT2D eigenvalue weighted by molar-refractivity contribution is 0.317. The van der Waals surface area contributed by atoms with Crippen molar-refractivity contribution in [2.45, 2.75) is 19.8 Å². The smallest absolute Gasteiger partial charge is 0.122 e. The number of benzene rings is 1. The quantitative estimate of drug-likeness (QED) is 0.783. The van der Waals surface area contributed by atoms with Crippen molar-refractivity contribution in [3.05, 3.63) is 41.5 Å². The maximum Gasteiger partial charge on any atom is 0.122 e. The van der Waals surface area contributed by atoms with Gasteiger partial charge in [0, 0.05) is 13.0 Å². The maximum atomic E-state index is 5.78. The molecule has 1 aromatic rings. The third-order valence-corrected chi connectivity index (χ3v) is 2.93. The fraction of sp³-hybridized carbons (Fsp3) is 0.429. The number of aryl methyl sites for hydroxylation is 1. The molecule has 86 valence electrons. The van der Waals surface area contributed by atoms with Gasteiger partial charge in [-0.05, 0) is 31.5 Å². The Kier molecular flexibility index (Phi) is 4.00. The predicted molar refractivity (Wildman–Crippen MR) is 66.9 cm³/mol. The molecule has 2 rings (SSSR count). The Morgan fingerprint density at radius 2 is 2.19 bits per heavy atom. The van der Waals surface area contributed by atoms with Crippen molar-refractivity contribution in [2.24, 2.45) is 0 Å². The lowest BCUT2D eigenvalue weighted by Gasteiger charge is -2.14. The summed E-state index contributed by atoms with van der Waals surface area (Å²) < 4.78 is 5.78. The Bertz CT molecular complexity index is 371. The molecule has 0 aliphatic carbocycles. The van der Waals surface area contributed by atoms with Crippen molar-refractivity contribution in [2.75, 3.05) is 19.7 Å². The Morgan fingerprint density at radius 1 is 1.31 bits per heavy atom. The number of hydrogen-bond acceptors (Lipinski definition) is 2. The van der Waals surface area contributed by atoms with Crippen LogP contribution >= 0.6 is 0 Å². The fourth-order valence-electron chi connectivity index (χ4n) is 1.91. The van der Waals surface area contributed by atoms with Crippen LogP contribution in [0.4, 0.5) is 0 Å². The van der Waals surface area contributed by atoms with Gasteiger partial charge in [0.2, 0.25) is 0 Å². The van der Waals surface area contributed by atoms with E-state index in [0.717, 1.165) is 38.3 Å². The van der Waals surface area contributed by atoms with Crippen molar-refractivity contribution in [3.8, 4) is 5.75 Å². The SMILES string of the molecule is Cc1ccccc1OCCC1=CCNCC1. The number of ether oxygens (including phenoxy) is 1. The first-order chi connectivity index (χ1) is 7.86. The zero-order chi connectivity index (χ0) is 11.2. The Hall–Kier alpha value is -1.28. The molecule has 1 aromatic carbocycles. The van der Waals surface area contributed by atoms with Gasteiger partial charge in [-0.2, -0.15) is 0 Å². The van der Waals surface area contributed by atoms with E-state index in [2.05, 4.69) is 24.4 Å². The highest BCUT2D eigenvalue weighted by molar-refractivity contribution is 5.31. The van der Waals surface area contributed by atoms with E-state index in [1.165, 1.54) is 11.1 Å². The summed E-state index contributed by atoms with van der Waals surface area (Å²) in [6, 6.07) is 8.18. The number of hydrogen-bond donors (Lipinski definition) is 1. The van der Waals surface area contributed by atoms with E-state index in [4.69, 9.17) is 4.74 Å². The number of nitrogens with one attached hydrogen (secondary N) is 1. The average molecular weight is 217 g/mol. The van der Waals surface area contributed by atoms with Crippen LogP contribution in [0, 0.1) is 6.92 Å². The van der Waals surface area contributed by atoms with Crippen LogP contribution in [0.5, 0.6) is 5.75 Å². The van der Waals surface area contributed by atoms with E-state index in [-0.39, 0.29) is 0 Å². The lowest BCUT2D eigenvalue weighted by atomic mass is 10.1. The van der Waals surface area contributed by atoms with Gasteiger partial charge in [-0.25, -0.2) is 0 Å². The van der Waals surface area contributed by atoms with Gasteiger partial charge in [0.1, 0.15) is 5.75 Å². The average Bonchev–Trinajstić information content (AvgIpc) is 2.33. The minimum Gasteiger partial charge on any atom is -0.493 e. The van der Waals surface area contributed by atoms with Crippen LogP contribution in [0.1, 0.15) is 18.4 Å². The number of rotatable bonds is 4. The van der Waals surface area contributed by atoms with Crippen LogP contribution < -0.4 is 10.1 Å². The third-order valence-electron chi connectivity index (χ3n) is 2.93. The molecule has 0 spiro atoms. The molecule has 0 amide bonds. The van der Waals surface area contributed by atoms with Gasteiger partial charge in [-0.1, -0.05) is 29.8 Å². The molecule has 0 aromatic heterocycles. The maximum absolute atomic E-state index is 5.78. The van der Waals surface area contributed by atoms with E-state index in [9.17, 15) is 0 Å². The molecule has 0 saturated carbocycles. The van der Waals surface area contributed by atoms with Crippen molar-refractivity contribution in [3.63, 3.8) is 0 Å². The first-order valence-corrected chi connectivity index (χ1v) is 5.93. The highest BCUT2D eigenvalue weighted by Crippen LogP contribution is 2.17. The molecule has 1 N–H and O–H groups in total. The van der Waals surface area contributed by atoms with Crippen LogP contribution in [-0.2, 0) is 0 Å². The fourth-order valence-corrected chi connectivity index (χ4v) is 1.91. The summed E-state index contributed by atoms with van der Waals surface area (Å²) in [6.07, 6.45) is 4.50. The van der Waals surface area contributed by atoms with Crippen molar-refractivity contribution < 1.29 is 4.74 Å². The predicted octanol–water partition coefficient (Wildman–Crippen LogP) is 2.68. The van der Waals surface area contributed by atoms with E-state index < -0.39 is 0 Å². The zero-order valence-electron chi connectivity index (χ0n) is 9.83. The minimum atomic E-state index is 0.788. The Labute approximate surface area is 97.3 Å². The molecule has 1 aliphatic rings. The topological polar surface area (TPSA) is 21.3 Å². The summed E-state index contributed by atoms with van der Waals surface area (Å²) in [5.41, 5.74) is 2.73. The van der Waals surface area contributed by atoms with Gasteiger partial charge in [-0.15, -0.1) is 0 Å². The first-order valence-electron chi connectivity index (χ1n) is 5.93. The standard InChI is InChI=1S/C14H19NO/c1-12-4-2-3-5-14(12)16-11-8-13-6-9-15-10-7-13/h2-6,15H,7-11H2,1H3. The van der Waals surface area contributed by atoms with Crippen LogP contribution in [-0.4, -0.2) is 19.7 Å². The van der Waals surface area contributed by atoms with Gasteiger partial charge >= 0.3 is 0 Å². The summed E-state index contributed by atoms with van der Waals surface area (Å²) >= 11 is 0. The van der Waals surface area contributed by atoms with Crippen molar-refractivity contribution >= 4 is 0 Å². The molecule has 2 nitrogen and oxygen atoms in total. The summed E-state index contributed by atoms with van der Waals surface area (Å²) in [4.78, 5) is 0. The van der Waals surface area contributed by atoms with E-state index in [1.54, 1.807) is 0 Å². The highest BCUT2D eigenvalue weighted by Gasteiger charge is 2.03. The monoisotopic (exact) mass is 217 g/mol. The molecule has 0 unspecified atom stereocenters. The summed E-state index contributed by atoms with van der Waals surface area (Å²) in [6.45, 7) is 4.99. The second kappa shape index (κ2) is 5.71. The molecule has 1 aliphatic heterocycles. The molecule has 2 heteroatoms. The van der Waals surface area contributed by atoms with Crippen molar-refractivity contribution in [1.82, 2.24) is 5.32 Å². The number of para-hydroxylation sites is 1. The third kappa shape index (κ3) is 3.11. The van der Waals surface area contributed by atoms with Gasteiger partial charge in [-0.3, -0.25) is 0 Å².